The standard InChI is InChI=1S/C11H12S2/c1-3-8-9-5-4-7(2)6-10(9)13-11(8)12/h4-6,12H,3H2,1-2H3. The van der Waals surface area contributed by atoms with Crippen molar-refractivity contribution in [1.82, 2.24) is 0 Å². The van der Waals surface area contributed by atoms with Gasteiger partial charge in [0, 0.05) is 4.70 Å². The van der Waals surface area contributed by atoms with Crippen molar-refractivity contribution in [2.75, 3.05) is 0 Å². The molecule has 0 spiro atoms. The van der Waals surface area contributed by atoms with Crippen molar-refractivity contribution in [1.29, 1.82) is 0 Å². The lowest BCUT2D eigenvalue weighted by molar-refractivity contribution is 1.13. The maximum atomic E-state index is 4.49. The topological polar surface area (TPSA) is 0 Å². The second kappa shape index (κ2) is 3.35. The lowest BCUT2D eigenvalue weighted by Gasteiger charge is -1.95. The Labute approximate surface area is 88.0 Å². The van der Waals surface area contributed by atoms with Crippen molar-refractivity contribution < 1.29 is 0 Å². The molecule has 0 nitrogen and oxygen atoms in total. The van der Waals surface area contributed by atoms with Crippen LogP contribution >= 0.6 is 24.0 Å². The van der Waals surface area contributed by atoms with E-state index in [0.29, 0.717) is 0 Å². The first kappa shape index (κ1) is 9.10. The van der Waals surface area contributed by atoms with Crippen molar-refractivity contribution in [2.45, 2.75) is 24.5 Å². The fourth-order valence-electron chi connectivity index (χ4n) is 1.59. The molecule has 2 aromatic rings. The van der Waals surface area contributed by atoms with Gasteiger partial charge in [-0.15, -0.1) is 24.0 Å². The highest BCUT2D eigenvalue weighted by Gasteiger charge is 2.06. The summed E-state index contributed by atoms with van der Waals surface area (Å²) in [5.74, 6) is 0. The van der Waals surface area contributed by atoms with Crippen molar-refractivity contribution in [3.05, 3.63) is 29.3 Å². The summed E-state index contributed by atoms with van der Waals surface area (Å²) in [6.07, 6.45) is 1.07. The van der Waals surface area contributed by atoms with Gasteiger partial charge in [-0.05, 0) is 35.9 Å². The molecule has 68 valence electrons. The van der Waals surface area contributed by atoms with E-state index in [1.165, 1.54) is 25.4 Å². The zero-order valence-corrected chi connectivity index (χ0v) is 9.51. The molecule has 1 aromatic carbocycles. The number of aryl methyl sites for hydroxylation is 2. The van der Waals surface area contributed by atoms with E-state index >= 15 is 0 Å². The van der Waals surface area contributed by atoms with Crippen LogP contribution in [0, 0.1) is 6.92 Å². The Bertz CT molecular complexity index is 441. The zero-order valence-electron chi connectivity index (χ0n) is 7.79. The zero-order chi connectivity index (χ0) is 9.42. The van der Waals surface area contributed by atoms with Gasteiger partial charge in [0.15, 0.2) is 0 Å². The Morgan fingerprint density at radius 3 is 2.85 bits per heavy atom. The van der Waals surface area contributed by atoms with Gasteiger partial charge < -0.3 is 0 Å². The molecular formula is C11H12S2. The summed E-state index contributed by atoms with van der Waals surface area (Å²) in [6.45, 7) is 4.31. The summed E-state index contributed by atoms with van der Waals surface area (Å²) in [6, 6.07) is 6.61. The Balaban J connectivity index is 2.79. The SMILES string of the molecule is CCc1c(S)sc2cc(C)ccc12. The lowest BCUT2D eigenvalue weighted by atomic mass is 10.1. The van der Waals surface area contributed by atoms with Gasteiger partial charge >= 0.3 is 0 Å². The maximum absolute atomic E-state index is 4.49. The van der Waals surface area contributed by atoms with Crippen LogP contribution in [0.15, 0.2) is 22.4 Å². The Morgan fingerprint density at radius 1 is 1.38 bits per heavy atom. The summed E-state index contributed by atoms with van der Waals surface area (Å²) in [7, 11) is 0. The summed E-state index contributed by atoms with van der Waals surface area (Å²) in [4.78, 5) is 0. The normalized spacial score (nSPS) is 11.0. The molecule has 0 atom stereocenters. The number of thiol groups is 1. The second-order valence-electron chi connectivity index (χ2n) is 3.24. The van der Waals surface area contributed by atoms with Crippen LogP contribution in [0.5, 0.6) is 0 Å². The van der Waals surface area contributed by atoms with Crippen LogP contribution in [0.1, 0.15) is 18.1 Å². The average Bonchev–Trinajstić information content (AvgIpc) is 2.39. The predicted octanol–water partition coefficient (Wildman–Crippen LogP) is 4.06. The van der Waals surface area contributed by atoms with Crippen molar-refractivity contribution in [3.8, 4) is 0 Å². The van der Waals surface area contributed by atoms with E-state index in [2.05, 4.69) is 44.7 Å². The van der Waals surface area contributed by atoms with Gasteiger partial charge in [0.2, 0.25) is 0 Å². The molecule has 0 aliphatic heterocycles. The minimum Gasteiger partial charge on any atom is -0.133 e. The van der Waals surface area contributed by atoms with Crippen LogP contribution in [0.3, 0.4) is 0 Å². The van der Waals surface area contributed by atoms with E-state index < -0.39 is 0 Å². The molecule has 0 aliphatic carbocycles. The third-order valence-electron chi connectivity index (χ3n) is 2.28. The van der Waals surface area contributed by atoms with E-state index in [-0.39, 0.29) is 0 Å². The minimum atomic E-state index is 1.07. The summed E-state index contributed by atoms with van der Waals surface area (Å²) < 4.78 is 2.53. The number of benzene rings is 1. The van der Waals surface area contributed by atoms with Gasteiger partial charge in [-0.1, -0.05) is 19.1 Å². The highest BCUT2D eigenvalue weighted by atomic mass is 32.2. The fourth-order valence-corrected chi connectivity index (χ4v) is 3.29. The molecule has 0 radical (unpaired) electrons. The van der Waals surface area contributed by atoms with Gasteiger partial charge in [-0.2, -0.15) is 0 Å². The first-order valence-electron chi connectivity index (χ1n) is 4.43. The lowest BCUT2D eigenvalue weighted by Crippen LogP contribution is -1.77. The number of hydrogen-bond donors (Lipinski definition) is 1. The molecule has 2 rings (SSSR count). The van der Waals surface area contributed by atoms with Crippen molar-refractivity contribution >= 4 is 34.1 Å². The van der Waals surface area contributed by atoms with Crippen LogP contribution in [0.4, 0.5) is 0 Å². The third kappa shape index (κ3) is 1.49. The third-order valence-corrected chi connectivity index (χ3v) is 3.82. The number of fused-ring (bicyclic) bond motifs is 1. The molecule has 0 fully saturated rings. The number of rotatable bonds is 1. The van der Waals surface area contributed by atoms with Gasteiger partial charge in [-0.3, -0.25) is 0 Å². The van der Waals surface area contributed by atoms with Gasteiger partial charge in [0.25, 0.3) is 0 Å². The molecule has 1 aromatic heterocycles. The van der Waals surface area contributed by atoms with Crippen LogP contribution < -0.4 is 0 Å². The Kier molecular flexibility index (Phi) is 2.35. The van der Waals surface area contributed by atoms with E-state index in [4.69, 9.17) is 0 Å². The largest absolute Gasteiger partial charge is 0.133 e. The van der Waals surface area contributed by atoms with Crippen LogP contribution in [-0.2, 0) is 6.42 Å². The fraction of sp³-hybridized carbons (Fsp3) is 0.273. The molecule has 0 saturated carbocycles. The van der Waals surface area contributed by atoms with Gasteiger partial charge in [0.05, 0.1) is 4.21 Å². The Hall–Kier alpha value is -0.470. The van der Waals surface area contributed by atoms with E-state index in [0.717, 1.165) is 6.42 Å². The predicted molar refractivity (Wildman–Crippen MR) is 63.2 cm³/mol. The molecule has 0 bridgehead atoms. The molecule has 1 heterocycles. The first-order valence-corrected chi connectivity index (χ1v) is 5.69. The maximum Gasteiger partial charge on any atom is 0.0612 e. The van der Waals surface area contributed by atoms with Crippen LogP contribution in [0.25, 0.3) is 10.1 Å². The summed E-state index contributed by atoms with van der Waals surface area (Å²) in [5.41, 5.74) is 2.72. The van der Waals surface area contributed by atoms with E-state index in [1.54, 1.807) is 11.3 Å². The molecule has 0 unspecified atom stereocenters. The second-order valence-corrected chi connectivity index (χ2v) is 5.04. The molecule has 0 amide bonds. The van der Waals surface area contributed by atoms with Gasteiger partial charge in [-0.25, -0.2) is 0 Å². The smallest absolute Gasteiger partial charge is 0.0612 e. The molecule has 0 N–H and O–H groups in total. The monoisotopic (exact) mass is 208 g/mol. The van der Waals surface area contributed by atoms with Gasteiger partial charge in [0.1, 0.15) is 0 Å². The van der Waals surface area contributed by atoms with E-state index in [9.17, 15) is 0 Å². The molecule has 13 heavy (non-hydrogen) atoms. The highest BCUT2D eigenvalue weighted by molar-refractivity contribution is 7.83. The summed E-state index contributed by atoms with van der Waals surface area (Å²) in [5, 5.41) is 1.38. The van der Waals surface area contributed by atoms with Crippen molar-refractivity contribution in [2.24, 2.45) is 0 Å². The minimum absolute atomic E-state index is 1.07. The number of hydrogen-bond acceptors (Lipinski definition) is 2. The quantitative estimate of drug-likeness (QED) is 0.671. The van der Waals surface area contributed by atoms with Crippen LogP contribution in [0.2, 0.25) is 0 Å². The first-order chi connectivity index (χ1) is 6.22. The van der Waals surface area contributed by atoms with Crippen LogP contribution in [-0.4, -0.2) is 0 Å². The average molecular weight is 208 g/mol. The number of thiophene rings is 1. The Morgan fingerprint density at radius 2 is 2.15 bits per heavy atom. The molecular weight excluding hydrogens is 196 g/mol. The highest BCUT2D eigenvalue weighted by Crippen LogP contribution is 2.34. The molecule has 2 heteroatoms. The molecule has 0 saturated heterocycles. The molecule has 0 aliphatic rings. The van der Waals surface area contributed by atoms with Crippen molar-refractivity contribution in [3.63, 3.8) is 0 Å². The summed E-state index contributed by atoms with van der Waals surface area (Å²) >= 11 is 6.27. The van der Waals surface area contributed by atoms with E-state index in [1.807, 2.05) is 0 Å².